The second-order valence-corrected chi connectivity index (χ2v) is 5.53. The van der Waals surface area contributed by atoms with Crippen LogP contribution in [0.4, 0.5) is 0 Å². The summed E-state index contributed by atoms with van der Waals surface area (Å²) in [5.74, 6) is 0.494. The number of hydrogen-bond acceptors (Lipinski definition) is 3. The molecular weight excluding hydrogens is 252 g/mol. The lowest BCUT2D eigenvalue weighted by Crippen LogP contribution is -2.37. The Balaban J connectivity index is 1.67. The molecule has 1 aliphatic carbocycles. The van der Waals surface area contributed by atoms with E-state index >= 15 is 0 Å². The molecule has 110 valence electrons. The molecule has 0 saturated heterocycles. The molecule has 4 heteroatoms. The van der Waals surface area contributed by atoms with Gasteiger partial charge in [0.25, 0.3) is 0 Å². The van der Waals surface area contributed by atoms with E-state index < -0.39 is 0 Å². The summed E-state index contributed by atoms with van der Waals surface area (Å²) >= 11 is 0. The Labute approximate surface area is 120 Å². The molecule has 0 radical (unpaired) electrons. The first kappa shape index (κ1) is 15.0. The van der Waals surface area contributed by atoms with Crippen molar-refractivity contribution in [2.24, 2.45) is 17.6 Å². The van der Waals surface area contributed by atoms with Crippen LogP contribution in [-0.4, -0.2) is 25.7 Å². The normalized spacial score (nSPS) is 17.5. The van der Waals surface area contributed by atoms with Crippen LogP contribution in [0.2, 0.25) is 0 Å². The number of rotatable bonds is 8. The van der Waals surface area contributed by atoms with E-state index in [9.17, 15) is 4.79 Å². The van der Waals surface area contributed by atoms with Gasteiger partial charge >= 0.3 is 0 Å². The number of nitrogens with one attached hydrogen (secondary N) is 1. The van der Waals surface area contributed by atoms with Crippen LogP contribution in [0.5, 0.6) is 0 Å². The minimum Gasteiger partial charge on any atom is -0.379 e. The first-order chi connectivity index (χ1) is 9.68. The number of hydrogen-bond donors (Lipinski definition) is 2. The molecule has 0 heterocycles. The number of carbonyl (C=O) groups excluding carboxylic acids is 1. The van der Waals surface area contributed by atoms with Gasteiger partial charge in [0.1, 0.15) is 0 Å². The molecule has 0 spiro atoms. The van der Waals surface area contributed by atoms with E-state index in [1.54, 1.807) is 0 Å². The van der Waals surface area contributed by atoms with E-state index in [-0.39, 0.29) is 17.9 Å². The molecule has 20 heavy (non-hydrogen) atoms. The van der Waals surface area contributed by atoms with Crippen molar-refractivity contribution in [2.45, 2.75) is 25.8 Å². The van der Waals surface area contributed by atoms with Gasteiger partial charge in [-0.15, -0.1) is 0 Å². The fourth-order valence-electron chi connectivity index (χ4n) is 2.07. The summed E-state index contributed by atoms with van der Waals surface area (Å²) < 4.78 is 5.49. The predicted octanol–water partition coefficient (Wildman–Crippen LogP) is 1.87. The van der Waals surface area contributed by atoms with E-state index in [1.807, 2.05) is 37.3 Å². The van der Waals surface area contributed by atoms with Crippen LogP contribution in [0.15, 0.2) is 30.3 Å². The van der Waals surface area contributed by atoms with Crippen LogP contribution in [0.3, 0.4) is 0 Å². The fraction of sp³-hybridized carbons (Fsp3) is 0.562. The smallest absolute Gasteiger partial charge is 0.224 e. The zero-order chi connectivity index (χ0) is 14.4. The van der Waals surface area contributed by atoms with Crippen molar-refractivity contribution >= 4 is 5.91 Å². The van der Waals surface area contributed by atoms with Gasteiger partial charge in [-0.25, -0.2) is 0 Å². The zero-order valence-electron chi connectivity index (χ0n) is 12.0. The molecule has 0 bridgehead atoms. The molecule has 4 nitrogen and oxygen atoms in total. The van der Waals surface area contributed by atoms with Crippen LogP contribution in [0, 0.1) is 11.8 Å². The standard InChI is InChI=1S/C16H24N2O2/c1-12(15(17)14-5-3-2-4-6-14)16(19)18-9-10-20-11-13-7-8-13/h2-6,12-13,15H,7-11,17H2,1H3,(H,18,19). The Morgan fingerprint density at radius 3 is 2.75 bits per heavy atom. The minimum atomic E-state index is -0.274. The summed E-state index contributed by atoms with van der Waals surface area (Å²) in [6, 6.07) is 9.44. The topological polar surface area (TPSA) is 64.3 Å². The molecule has 2 unspecified atom stereocenters. The van der Waals surface area contributed by atoms with Gasteiger partial charge in [-0.2, -0.15) is 0 Å². The van der Waals surface area contributed by atoms with Gasteiger partial charge in [0.15, 0.2) is 0 Å². The van der Waals surface area contributed by atoms with E-state index in [0.29, 0.717) is 13.2 Å². The number of amides is 1. The number of nitrogens with two attached hydrogens (primary N) is 1. The summed E-state index contributed by atoms with van der Waals surface area (Å²) in [5.41, 5.74) is 7.11. The Bertz CT molecular complexity index is 418. The van der Waals surface area contributed by atoms with Crippen molar-refractivity contribution in [3.05, 3.63) is 35.9 Å². The van der Waals surface area contributed by atoms with Crippen LogP contribution in [-0.2, 0) is 9.53 Å². The first-order valence-electron chi connectivity index (χ1n) is 7.34. The Kier molecular flexibility index (Phi) is 5.56. The molecular formula is C16H24N2O2. The number of benzene rings is 1. The third-order valence-corrected chi connectivity index (χ3v) is 3.73. The monoisotopic (exact) mass is 276 g/mol. The summed E-state index contributed by atoms with van der Waals surface area (Å²) in [7, 11) is 0. The van der Waals surface area contributed by atoms with Crippen LogP contribution >= 0.6 is 0 Å². The molecule has 1 fully saturated rings. The molecule has 1 aromatic carbocycles. The van der Waals surface area contributed by atoms with Crippen molar-refractivity contribution in [1.82, 2.24) is 5.32 Å². The van der Waals surface area contributed by atoms with Crippen LogP contribution in [0.25, 0.3) is 0 Å². The van der Waals surface area contributed by atoms with Crippen molar-refractivity contribution in [3.8, 4) is 0 Å². The Morgan fingerprint density at radius 2 is 2.10 bits per heavy atom. The highest BCUT2D eigenvalue weighted by Crippen LogP contribution is 2.28. The first-order valence-corrected chi connectivity index (χ1v) is 7.34. The molecule has 1 saturated carbocycles. The predicted molar refractivity (Wildman–Crippen MR) is 79.1 cm³/mol. The molecule has 3 N–H and O–H groups in total. The van der Waals surface area contributed by atoms with Crippen molar-refractivity contribution in [1.29, 1.82) is 0 Å². The summed E-state index contributed by atoms with van der Waals surface area (Å²) in [6.45, 7) is 3.82. The second kappa shape index (κ2) is 7.41. The van der Waals surface area contributed by atoms with E-state index in [4.69, 9.17) is 10.5 Å². The van der Waals surface area contributed by atoms with Crippen molar-refractivity contribution < 1.29 is 9.53 Å². The van der Waals surface area contributed by atoms with Crippen molar-refractivity contribution in [2.75, 3.05) is 19.8 Å². The number of ether oxygens (including phenoxy) is 1. The van der Waals surface area contributed by atoms with E-state index in [2.05, 4.69) is 5.32 Å². The minimum absolute atomic E-state index is 0.0172. The lowest BCUT2D eigenvalue weighted by Gasteiger charge is -2.19. The molecule has 2 atom stereocenters. The average molecular weight is 276 g/mol. The highest BCUT2D eigenvalue weighted by atomic mass is 16.5. The third-order valence-electron chi connectivity index (χ3n) is 3.73. The van der Waals surface area contributed by atoms with Gasteiger partial charge in [0.2, 0.25) is 5.91 Å². The molecule has 1 aliphatic rings. The molecule has 0 aromatic heterocycles. The van der Waals surface area contributed by atoms with Crippen LogP contribution in [0.1, 0.15) is 31.4 Å². The highest BCUT2D eigenvalue weighted by molar-refractivity contribution is 5.79. The van der Waals surface area contributed by atoms with Gasteiger partial charge in [0, 0.05) is 19.2 Å². The summed E-state index contributed by atoms with van der Waals surface area (Å²) in [4.78, 5) is 12.0. The van der Waals surface area contributed by atoms with Gasteiger partial charge in [-0.3, -0.25) is 4.79 Å². The van der Waals surface area contributed by atoms with Gasteiger partial charge in [-0.1, -0.05) is 37.3 Å². The van der Waals surface area contributed by atoms with Gasteiger partial charge in [0.05, 0.1) is 12.5 Å². The lowest BCUT2D eigenvalue weighted by molar-refractivity contribution is -0.125. The van der Waals surface area contributed by atoms with E-state index in [1.165, 1.54) is 12.8 Å². The Morgan fingerprint density at radius 1 is 1.40 bits per heavy atom. The quantitative estimate of drug-likeness (QED) is 0.712. The highest BCUT2D eigenvalue weighted by Gasteiger charge is 2.22. The maximum absolute atomic E-state index is 12.0. The molecule has 2 rings (SSSR count). The third kappa shape index (κ3) is 4.62. The summed E-state index contributed by atoms with van der Waals surface area (Å²) in [5, 5.41) is 2.88. The Hall–Kier alpha value is -1.39. The number of carbonyl (C=O) groups is 1. The average Bonchev–Trinajstić information content (AvgIpc) is 3.30. The van der Waals surface area contributed by atoms with E-state index in [0.717, 1.165) is 18.1 Å². The van der Waals surface area contributed by atoms with Crippen LogP contribution < -0.4 is 11.1 Å². The van der Waals surface area contributed by atoms with Crippen molar-refractivity contribution in [3.63, 3.8) is 0 Å². The fourth-order valence-corrected chi connectivity index (χ4v) is 2.07. The summed E-state index contributed by atoms with van der Waals surface area (Å²) in [6.07, 6.45) is 2.57. The molecule has 1 aromatic rings. The zero-order valence-corrected chi connectivity index (χ0v) is 12.0. The lowest BCUT2D eigenvalue weighted by atomic mass is 9.95. The van der Waals surface area contributed by atoms with Gasteiger partial charge in [-0.05, 0) is 24.3 Å². The van der Waals surface area contributed by atoms with Gasteiger partial charge < -0.3 is 15.8 Å². The largest absolute Gasteiger partial charge is 0.379 e. The molecule has 0 aliphatic heterocycles. The SMILES string of the molecule is CC(C(=O)NCCOCC1CC1)C(N)c1ccccc1. The maximum Gasteiger partial charge on any atom is 0.224 e. The second-order valence-electron chi connectivity index (χ2n) is 5.53. The maximum atomic E-state index is 12.0. The molecule has 1 amide bonds.